The standard InChI is InChI=1S/C22H28N6O2S/c1-15(2)27(16(3)4)18-11-12-19(20(13-18)26-31(5,29)30)25-21-14-24-28(22(21)23)17-9-7-6-8-10-17/h6-16H,1-5H3,(H2,23,24,26)/p+1. The highest BCUT2D eigenvalue weighted by atomic mass is 32.2. The number of nitrogens with one attached hydrogen (secondary N) is 1. The first-order valence-corrected chi connectivity index (χ1v) is 12.0. The number of hydrogen-bond acceptors (Lipinski definition) is 5. The molecule has 1 aromatic heterocycles. The average molecular weight is 442 g/mol. The second kappa shape index (κ2) is 8.89. The number of benzene rings is 1. The summed E-state index contributed by atoms with van der Waals surface area (Å²) >= 11 is 0. The van der Waals surface area contributed by atoms with Gasteiger partial charge in [-0.15, -0.1) is 0 Å². The van der Waals surface area contributed by atoms with Crippen molar-refractivity contribution in [1.29, 1.82) is 0 Å². The van der Waals surface area contributed by atoms with Gasteiger partial charge in [0.15, 0.2) is 5.82 Å². The van der Waals surface area contributed by atoms with Crippen LogP contribution in [0.2, 0.25) is 0 Å². The Morgan fingerprint density at radius 3 is 2.32 bits per heavy atom. The molecule has 0 amide bonds. The number of anilines is 1. The zero-order valence-corrected chi connectivity index (χ0v) is 19.3. The Kier molecular flexibility index (Phi) is 6.45. The first kappa shape index (κ1) is 22.5. The number of aromatic nitrogens is 2. The fraction of sp³-hybridized carbons (Fsp3) is 0.318. The lowest BCUT2D eigenvalue weighted by molar-refractivity contribution is -0.586. The monoisotopic (exact) mass is 441 g/mol. The van der Waals surface area contributed by atoms with Crippen LogP contribution in [-0.4, -0.2) is 52.5 Å². The van der Waals surface area contributed by atoms with Crippen LogP contribution in [0.5, 0.6) is 0 Å². The van der Waals surface area contributed by atoms with Crippen LogP contribution in [0.3, 0.4) is 0 Å². The number of hydrogen-bond donors (Lipinski definition) is 2. The molecule has 0 saturated heterocycles. The number of sulfonamides is 1. The number of allylic oxidation sites excluding steroid dienone is 3. The molecule has 0 aliphatic heterocycles. The van der Waals surface area contributed by atoms with E-state index in [4.69, 9.17) is 5.73 Å². The molecular formula is C22H29N6O2S+. The van der Waals surface area contributed by atoms with Crippen molar-refractivity contribution in [2.75, 3.05) is 12.0 Å². The van der Waals surface area contributed by atoms with Gasteiger partial charge in [-0.1, -0.05) is 18.2 Å². The summed E-state index contributed by atoms with van der Waals surface area (Å²) in [7, 11) is -3.50. The van der Waals surface area contributed by atoms with Crippen LogP contribution in [0.1, 0.15) is 27.7 Å². The lowest BCUT2D eigenvalue weighted by Crippen LogP contribution is -2.35. The van der Waals surface area contributed by atoms with Crippen LogP contribution in [0.4, 0.5) is 11.5 Å². The molecule has 1 aromatic carbocycles. The minimum absolute atomic E-state index is 0.244. The molecule has 1 aliphatic rings. The minimum Gasteiger partial charge on any atom is -0.382 e. The molecule has 0 spiro atoms. The third-order valence-corrected chi connectivity index (χ3v) is 5.30. The maximum absolute atomic E-state index is 12.0. The second-order valence-corrected chi connectivity index (χ2v) is 9.69. The summed E-state index contributed by atoms with van der Waals surface area (Å²) in [6.45, 7) is 8.39. The van der Waals surface area contributed by atoms with Crippen LogP contribution < -0.4 is 10.5 Å². The number of rotatable bonds is 6. The predicted octanol–water partition coefficient (Wildman–Crippen LogP) is 2.80. The zero-order chi connectivity index (χ0) is 22.8. The van der Waals surface area contributed by atoms with Crippen molar-refractivity contribution in [2.24, 2.45) is 4.99 Å². The van der Waals surface area contributed by atoms with Gasteiger partial charge in [-0.05, 0) is 45.9 Å². The largest absolute Gasteiger partial charge is 0.382 e. The van der Waals surface area contributed by atoms with Gasteiger partial charge in [-0.3, -0.25) is 4.72 Å². The molecule has 0 unspecified atom stereocenters. The van der Waals surface area contributed by atoms with Crippen LogP contribution in [0, 0.1) is 0 Å². The van der Waals surface area contributed by atoms with Gasteiger partial charge >= 0.3 is 0 Å². The topological polar surface area (TPSA) is 105 Å². The lowest BCUT2D eigenvalue weighted by Gasteiger charge is -2.17. The third-order valence-electron chi connectivity index (χ3n) is 4.71. The normalized spacial score (nSPS) is 15.6. The highest BCUT2D eigenvalue weighted by Gasteiger charge is 2.24. The van der Waals surface area contributed by atoms with E-state index in [1.165, 1.54) is 0 Å². The SMILES string of the molecule is CC(C)[N+](=C1C=C/C(=N/c2cnn(-c3ccccc3)c2N)C(NS(C)(=O)=O)=C1)C(C)C. The van der Waals surface area contributed by atoms with Gasteiger partial charge in [0.25, 0.3) is 0 Å². The first-order chi connectivity index (χ1) is 14.6. The van der Waals surface area contributed by atoms with Crippen molar-refractivity contribution in [3.8, 4) is 5.69 Å². The summed E-state index contributed by atoms with van der Waals surface area (Å²) in [6.07, 6.45) is 8.21. The van der Waals surface area contributed by atoms with Crippen molar-refractivity contribution in [3.05, 3.63) is 60.5 Å². The number of nitrogens with zero attached hydrogens (tertiary/aromatic N) is 4. The van der Waals surface area contributed by atoms with E-state index in [0.717, 1.165) is 17.7 Å². The number of nitrogens with two attached hydrogens (primary N) is 1. The second-order valence-electron chi connectivity index (χ2n) is 7.94. The van der Waals surface area contributed by atoms with E-state index in [2.05, 4.69) is 47.1 Å². The van der Waals surface area contributed by atoms with Gasteiger partial charge in [0.1, 0.15) is 17.8 Å². The lowest BCUT2D eigenvalue weighted by atomic mass is 10.1. The van der Waals surface area contributed by atoms with Crippen LogP contribution in [0.15, 0.2) is 65.4 Å². The van der Waals surface area contributed by atoms with Gasteiger partial charge in [0.2, 0.25) is 15.7 Å². The van der Waals surface area contributed by atoms with E-state index >= 15 is 0 Å². The van der Waals surface area contributed by atoms with Crippen LogP contribution >= 0.6 is 0 Å². The minimum atomic E-state index is -3.50. The first-order valence-electron chi connectivity index (χ1n) is 10.1. The van der Waals surface area contributed by atoms with Gasteiger partial charge in [-0.2, -0.15) is 5.10 Å². The number of para-hydroxylation sites is 1. The maximum Gasteiger partial charge on any atom is 0.229 e. The fourth-order valence-corrected chi connectivity index (χ4v) is 4.16. The summed E-state index contributed by atoms with van der Waals surface area (Å²) in [4.78, 5) is 4.61. The molecule has 31 heavy (non-hydrogen) atoms. The Morgan fingerprint density at radius 1 is 1.10 bits per heavy atom. The van der Waals surface area contributed by atoms with Crippen molar-refractivity contribution in [2.45, 2.75) is 39.8 Å². The summed E-state index contributed by atoms with van der Waals surface area (Å²) in [5, 5.41) is 4.33. The molecule has 3 N–H and O–H groups in total. The van der Waals surface area contributed by atoms with E-state index in [0.29, 0.717) is 22.9 Å². The molecule has 0 bridgehead atoms. The average Bonchev–Trinajstić information content (AvgIpc) is 3.03. The Morgan fingerprint density at radius 2 is 1.74 bits per heavy atom. The molecule has 1 heterocycles. The molecule has 164 valence electrons. The molecular weight excluding hydrogens is 412 g/mol. The van der Waals surface area contributed by atoms with Gasteiger partial charge < -0.3 is 5.73 Å². The van der Waals surface area contributed by atoms with Crippen molar-refractivity contribution in [1.82, 2.24) is 14.5 Å². The Labute approximate surface area is 183 Å². The Bertz CT molecular complexity index is 1180. The van der Waals surface area contributed by atoms with Crippen LogP contribution in [0.25, 0.3) is 5.69 Å². The molecule has 0 saturated carbocycles. The molecule has 0 atom stereocenters. The van der Waals surface area contributed by atoms with Crippen molar-refractivity contribution < 1.29 is 13.0 Å². The predicted molar refractivity (Wildman–Crippen MR) is 126 cm³/mol. The van der Waals surface area contributed by atoms with E-state index in [1.54, 1.807) is 23.0 Å². The maximum atomic E-state index is 12.0. The van der Waals surface area contributed by atoms with Gasteiger partial charge in [0.05, 0.1) is 29.5 Å². The fourth-order valence-electron chi connectivity index (χ4n) is 3.60. The van der Waals surface area contributed by atoms with E-state index in [9.17, 15) is 8.42 Å². The Balaban J connectivity index is 2.08. The van der Waals surface area contributed by atoms with E-state index in [-0.39, 0.29) is 12.1 Å². The molecule has 1 aliphatic carbocycles. The molecule has 0 fully saturated rings. The summed E-state index contributed by atoms with van der Waals surface area (Å²) in [5.74, 6) is 0.367. The van der Waals surface area contributed by atoms with Crippen molar-refractivity contribution in [3.63, 3.8) is 0 Å². The Hall–Kier alpha value is -3.20. The molecule has 8 nitrogen and oxygen atoms in total. The molecule has 9 heteroatoms. The van der Waals surface area contributed by atoms with Gasteiger partial charge in [0, 0.05) is 12.2 Å². The third kappa shape index (κ3) is 5.29. The van der Waals surface area contributed by atoms with Gasteiger partial charge in [-0.25, -0.2) is 22.7 Å². The highest BCUT2D eigenvalue weighted by molar-refractivity contribution is 7.88. The molecule has 0 radical (unpaired) electrons. The van der Waals surface area contributed by atoms with Crippen LogP contribution in [-0.2, 0) is 10.0 Å². The molecule has 3 rings (SSSR count). The van der Waals surface area contributed by atoms with E-state index < -0.39 is 10.0 Å². The quantitative estimate of drug-likeness (QED) is 0.531. The number of nitrogen functional groups attached to an aromatic ring is 1. The summed E-state index contributed by atoms with van der Waals surface area (Å²) < 4.78 is 30.4. The zero-order valence-electron chi connectivity index (χ0n) is 18.4. The smallest absolute Gasteiger partial charge is 0.229 e. The van der Waals surface area contributed by atoms with E-state index in [1.807, 2.05) is 36.4 Å². The van der Waals surface area contributed by atoms with Crippen molar-refractivity contribution >= 4 is 33.0 Å². The summed E-state index contributed by atoms with van der Waals surface area (Å²) in [6, 6.07) is 9.99. The summed E-state index contributed by atoms with van der Waals surface area (Å²) in [5.41, 5.74) is 9.30. The highest BCUT2D eigenvalue weighted by Crippen LogP contribution is 2.26. The number of aliphatic imine (C=N–C) groups is 1. The molecule has 2 aromatic rings.